The molecule has 0 radical (unpaired) electrons. The molecule has 0 spiro atoms. The van der Waals surface area contributed by atoms with Crippen LogP contribution in [0.5, 0.6) is 0 Å². The molecule has 0 aromatic heterocycles. The molecule has 340 valence electrons. The fourth-order valence-corrected chi connectivity index (χ4v) is 7.63. The zero-order valence-electron chi connectivity index (χ0n) is 33.3. The lowest BCUT2D eigenvalue weighted by molar-refractivity contribution is -0.362. The van der Waals surface area contributed by atoms with Gasteiger partial charge in [-0.15, -0.1) is 0 Å². The van der Waals surface area contributed by atoms with Crippen LogP contribution in [0, 0.1) is 0 Å². The number of carbonyl (C=O) groups is 4. The minimum absolute atomic E-state index is 0.568. The van der Waals surface area contributed by atoms with Gasteiger partial charge in [0.15, 0.2) is 25.2 Å². The fourth-order valence-electron chi connectivity index (χ4n) is 7.63. The van der Waals surface area contributed by atoms with Crippen molar-refractivity contribution in [1.29, 1.82) is 0 Å². The molecule has 25 nitrogen and oxygen atoms in total. The Kier molecular flexibility index (Phi) is 18.1. The highest BCUT2D eigenvalue weighted by Crippen LogP contribution is 2.35. The molecule has 4 saturated heterocycles. The first-order valence-corrected chi connectivity index (χ1v) is 18.8. The number of methoxy groups -OCH3 is 2. The number of amides is 4. The normalized spacial score (nSPS) is 42.7. The molecule has 4 rings (SSSR count). The van der Waals surface area contributed by atoms with Crippen LogP contribution in [0.25, 0.3) is 0 Å². The monoisotopic (exact) mass is 858 g/mol. The first-order chi connectivity index (χ1) is 27.9. The Balaban J connectivity index is 1.62. The third kappa shape index (κ3) is 11.4. The molecule has 4 amide bonds. The average molecular weight is 859 g/mol. The Labute approximate surface area is 338 Å². The van der Waals surface area contributed by atoms with Gasteiger partial charge in [-0.25, -0.2) is 0 Å². The summed E-state index contributed by atoms with van der Waals surface area (Å²) in [5.74, 6) is -2.62. The summed E-state index contributed by atoms with van der Waals surface area (Å²) in [5.41, 5.74) is 0. The molecule has 4 aliphatic heterocycles. The van der Waals surface area contributed by atoms with Gasteiger partial charge in [0.25, 0.3) is 0 Å². The molecule has 20 atom stereocenters. The van der Waals surface area contributed by atoms with E-state index in [0.717, 1.165) is 20.8 Å². The van der Waals surface area contributed by atoms with Crippen molar-refractivity contribution in [1.82, 2.24) is 21.3 Å². The van der Waals surface area contributed by atoms with Crippen molar-refractivity contribution in [2.45, 2.75) is 150 Å². The minimum atomic E-state index is -1.86. The van der Waals surface area contributed by atoms with Crippen LogP contribution in [0.4, 0.5) is 0 Å². The highest BCUT2D eigenvalue weighted by atomic mass is 16.8. The molecule has 0 saturated carbocycles. The molecule has 4 heterocycles. The maximum atomic E-state index is 12.5. The largest absolute Gasteiger partial charge is 0.394 e. The lowest BCUT2D eigenvalue weighted by Gasteiger charge is -2.51. The van der Waals surface area contributed by atoms with E-state index in [-0.39, 0.29) is 0 Å². The van der Waals surface area contributed by atoms with E-state index in [1.165, 1.54) is 21.1 Å². The maximum Gasteiger partial charge on any atom is 0.217 e. The molecule has 4 aliphatic rings. The summed E-state index contributed by atoms with van der Waals surface area (Å²) in [5, 5.41) is 96.7. The number of aliphatic hydroxyl groups excluding tert-OH is 8. The molecule has 0 aliphatic carbocycles. The van der Waals surface area contributed by atoms with Crippen LogP contribution >= 0.6 is 0 Å². The van der Waals surface area contributed by atoms with E-state index in [0.29, 0.717) is 0 Å². The van der Waals surface area contributed by atoms with Gasteiger partial charge in [-0.3, -0.25) is 19.2 Å². The van der Waals surface area contributed by atoms with Crippen LogP contribution < -0.4 is 21.3 Å². The molecular formula is C34H58N4O21. The van der Waals surface area contributed by atoms with E-state index in [1.54, 1.807) is 0 Å². The number of nitrogens with one attached hydrogen (secondary N) is 4. The Bertz CT molecular complexity index is 1400. The van der Waals surface area contributed by atoms with Crippen molar-refractivity contribution in [3.05, 3.63) is 0 Å². The van der Waals surface area contributed by atoms with Crippen LogP contribution in [-0.4, -0.2) is 228 Å². The second-order valence-corrected chi connectivity index (χ2v) is 14.5. The zero-order valence-corrected chi connectivity index (χ0v) is 33.3. The average Bonchev–Trinajstić information content (AvgIpc) is 3.18. The number of rotatable bonds is 16. The third-order valence-corrected chi connectivity index (χ3v) is 10.3. The smallest absolute Gasteiger partial charge is 0.217 e. The van der Waals surface area contributed by atoms with Gasteiger partial charge in [0, 0.05) is 41.9 Å². The first-order valence-electron chi connectivity index (χ1n) is 18.8. The summed E-state index contributed by atoms with van der Waals surface area (Å²) in [4.78, 5) is 48.9. The Morgan fingerprint density at radius 1 is 0.424 bits per heavy atom. The van der Waals surface area contributed by atoms with Gasteiger partial charge in [0.05, 0.1) is 26.4 Å². The SMILES string of the molecule is CO[C@@H]1OC(CO)[C@@H](O[C@@H]2OC(CO)[C@@H](O[C@@H]3OC(CO)[C@@H](O[C@@H]4OC(CO)[C@@H](OC)[C@H](O)C4NC(C)=O)C(O)C3NC(C)=O)[C@H](O)C2NC(C)=O)C(O)C1NC(C)=O. The van der Waals surface area contributed by atoms with Gasteiger partial charge in [-0.2, -0.15) is 0 Å². The molecule has 0 aromatic carbocycles. The highest BCUT2D eigenvalue weighted by molar-refractivity contribution is 5.74. The summed E-state index contributed by atoms with van der Waals surface area (Å²) in [6, 6.07) is -5.69. The van der Waals surface area contributed by atoms with Gasteiger partial charge in [-0.05, 0) is 0 Å². The molecule has 4 fully saturated rings. The lowest BCUT2D eigenvalue weighted by atomic mass is 9.93. The van der Waals surface area contributed by atoms with E-state index in [1.807, 2.05) is 0 Å². The van der Waals surface area contributed by atoms with E-state index >= 15 is 0 Å². The summed E-state index contributed by atoms with van der Waals surface area (Å²) in [6.45, 7) is 1.37. The highest BCUT2D eigenvalue weighted by Gasteiger charge is 2.56. The Hall–Kier alpha value is -2.80. The molecule has 12 N–H and O–H groups in total. The predicted molar refractivity (Wildman–Crippen MR) is 190 cm³/mol. The molecule has 25 heteroatoms. The molecule has 0 aromatic rings. The van der Waals surface area contributed by atoms with Crippen LogP contribution in [0.2, 0.25) is 0 Å². The third-order valence-electron chi connectivity index (χ3n) is 10.3. The standard InChI is InChI=1S/C34H58N4O21/c1-11(43)35-19-24(48)28(16(8-40)53-31(19)52-6)57-33-21(37-13(3)45)26(50)30(18(10-42)55-33)59-34-22(38-14(4)46)25(49)29(17(9-41)56-34)58-32-20(36-12(2)44)23(47)27(51-5)15(7-39)54-32/h15-34,39-42,47-50H,7-10H2,1-6H3,(H,35,43)(H,36,44)(H,37,45)(H,38,46)/t15?,16?,17?,18?,19?,20?,21?,22?,23-,24?,25?,26-,27-,28-,29-,30-,31-,32+,33+,34+/m1/s1. The molecular weight excluding hydrogens is 800 g/mol. The van der Waals surface area contributed by atoms with E-state index in [4.69, 9.17) is 42.6 Å². The van der Waals surface area contributed by atoms with Crippen molar-refractivity contribution < 1.29 is 103 Å². The van der Waals surface area contributed by atoms with Gasteiger partial charge in [0.1, 0.15) is 97.4 Å². The van der Waals surface area contributed by atoms with E-state index in [2.05, 4.69) is 21.3 Å². The molecule has 0 bridgehead atoms. The van der Waals surface area contributed by atoms with Crippen molar-refractivity contribution in [3.63, 3.8) is 0 Å². The van der Waals surface area contributed by atoms with Crippen LogP contribution in [-0.2, 0) is 61.8 Å². The Morgan fingerprint density at radius 3 is 0.898 bits per heavy atom. The van der Waals surface area contributed by atoms with Crippen molar-refractivity contribution in [2.24, 2.45) is 0 Å². The number of hydrogen-bond donors (Lipinski definition) is 12. The Morgan fingerprint density at radius 2 is 0.661 bits per heavy atom. The zero-order chi connectivity index (χ0) is 43.9. The number of aliphatic hydroxyl groups is 8. The summed E-state index contributed by atoms with van der Waals surface area (Å²) >= 11 is 0. The fraction of sp³-hybridized carbons (Fsp3) is 0.882. The minimum Gasteiger partial charge on any atom is -0.394 e. The second kappa shape index (κ2) is 21.8. The summed E-state index contributed by atoms with van der Waals surface area (Å²) in [6.07, 6.45) is -24.5. The molecule has 10 unspecified atom stereocenters. The number of ether oxygens (including phenoxy) is 9. The topological polar surface area (TPSA) is 361 Å². The van der Waals surface area contributed by atoms with E-state index in [9.17, 15) is 60.0 Å². The number of carbonyl (C=O) groups excluding carboxylic acids is 4. The van der Waals surface area contributed by atoms with Crippen molar-refractivity contribution in [3.8, 4) is 0 Å². The van der Waals surface area contributed by atoms with Gasteiger partial charge in [0.2, 0.25) is 23.6 Å². The van der Waals surface area contributed by atoms with Crippen molar-refractivity contribution >= 4 is 23.6 Å². The van der Waals surface area contributed by atoms with Gasteiger partial charge >= 0.3 is 0 Å². The lowest BCUT2D eigenvalue weighted by Crippen LogP contribution is -2.71. The predicted octanol–water partition coefficient (Wildman–Crippen LogP) is -7.87. The van der Waals surface area contributed by atoms with E-state index < -0.39 is 173 Å². The van der Waals surface area contributed by atoms with Crippen molar-refractivity contribution in [2.75, 3.05) is 40.6 Å². The van der Waals surface area contributed by atoms with Gasteiger partial charge in [-0.1, -0.05) is 0 Å². The van der Waals surface area contributed by atoms with Crippen LogP contribution in [0.1, 0.15) is 27.7 Å². The summed E-state index contributed by atoms with van der Waals surface area (Å²) in [7, 11) is 2.49. The van der Waals surface area contributed by atoms with Crippen LogP contribution in [0.15, 0.2) is 0 Å². The summed E-state index contributed by atoms with van der Waals surface area (Å²) < 4.78 is 52.1. The second-order valence-electron chi connectivity index (χ2n) is 14.5. The van der Waals surface area contributed by atoms with Gasteiger partial charge < -0.3 is 105 Å². The van der Waals surface area contributed by atoms with Crippen LogP contribution in [0.3, 0.4) is 0 Å². The quantitative estimate of drug-likeness (QED) is 0.0686. The number of hydrogen-bond acceptors (Lipinski definition) is 21. The molecule has 59 heavy (non-hydrogen) atoms. The maximum absolute atomic E-state index is 12.5. The first kappa shape index (κ1) is 48.9.